The van der Waals surface area contributed by atoms with Crippen molar-refractivity contribution in [2.24, 2.45) is 11.8 Å². The molecule has 0 spiro atoms. The summed E-state index contributed by atoms with van der Waals surface area (Å²) in [6.07, 6.45) is 25.5. The van der Waals surface area contributed by atoms with Gasteiger partial charge in [0.1, 0.15) is 0 Å². The fraction of sp³-hybridized carbons (Fsp3) is 0.957. The Morgan fingerprint density at radius 2 is 0.913 bits per heavy atom. The van der Waals surface area contributed by atoms with Crippen LogP contribution in [0.1, 0.15) is 130 Å². The number of hydrogen-bond acceptors (Lipinski definition) is 0. The molecule has 0 aliphatic heterocycles. The first-order valence-electron chi connectivity index (χ1n) is 11.1. The first-order chi connectivity index (χ1) is 11.3. The lowest BCUT2D eigenvalue weighted by molar-refractivity contribution is 0.383. The summed E-state index contributed by atoms with van der Waals surface area (Å²) in [5, 5.41) is 0. The van der Waals surface area contributed by atoms with E-state index in [9.17, 15) is 0 Å². The lowest BCUT2D eigenvalue weighted by atomic mass is 9.83. The predicted molar refractivity (Wildman–Crippen MR) is 108 cm³/mol. The van der Waals surface area contributed by atoms with Crippen LogP contribution in [0.25, 0.3) is 0 Å². The topological polar surface area (TPSA) is 0 Å². The fourth-order valence-electron chi connectivity index (χ4n) is 3.64. The van der Waals surface area contributed by atoms with E-state index < -0.39 is 0 Å². The molecule has 0 saturated heterocycles. The Bertz CT molecular complexity index is 208. The maximum Gasteiger partial charge on any atom is -0.0324 e. The molecule has 0 nitrogen and oxygen atoms in total. The van der Waals surface area contributed by atoms with Gasteiger partial charge in [0.15, 0.2) is 0 Å². The molecule has 0 fully saturated rings. The second-order valence-electron chi connectivity index (χ2n) is 7.67. The van der Waals surface area contributed by atoms with Gasteiger partial charge in [0.05, 0.1) is 0 Å². The summed E-state index contributed by atoms with van der Waals surface area (Å²) in [7, 11) is 0. The van der Waals surface area contributed by atoms with E-state index in [1.165, 1.54) is 103 Å². The number of rotatable bonds is 18. The van der Waals surface area contributed by atoms with Gasteiger partial charge in [-0.15, -0.1) is 0 Å². The normalized spacial score (nSPS) is 14.1. The Balaban J connectivity index is 3.98. The van der Waals surface area contributed by atoms with Gasteiger partial charge < -0.3 is 0 Å². The summed E-state index contributed by atoms with van der Waals surface area (Å²) in [4.78, 5) is 0. The highest BCUT2D eigenvalue weighted by Crippen LogP contribution is 2.28. The summed E-state index contributed by atoms with van der Waals surface area (Å²) in [6, 6.07) is 0. The molecule has 0 aromatic carbocycles. The highest BCUT2D eigenvalue weighted by molar-refractivity contribution is 4.83. The van der Waals surface area contributed by atoms with Crippen LogP contribution >= 0.6 is 0 Å². The third-order valence-electron chi connectivity index (χ3n) is 5.35. The fourth-order valence-corrected chi connectivity index (χ4v) is 3.64. The maximum atomic E-state index is 2.77. The molecule has 2 unspecified atom stereocenters. The van der Waals surface area contributed by atoms with Gasteiger partial charge in [0.25, 0.3) is 0 Å². The summed E-state index contributed by atoms with van der Waals surface area (Å²) < 4.78 is 0. The quantitative estimate of drug-likeness (QED) is 0.221. The lowest BCUT2D eigenvalue weighted by Crippen LogP contribution is -2.10. The van der Waals surface area contributed by atoms with E-state index in [1.807, 2.05) is 0 Å². The molecule has 0 heteroatoms. The van der Waals surface area contributed by atoms with Crippen molar-refractivity contribution in [1.29, 1.82) is 0 Å². The van der Waals surface area contributed by atoms with Crippen molar-refractivity contribution in [3.8, 4) is 0 Å². The van der Waals surface area contributed by atoms with Gasteiger partial charge >= 0.3 is 0 Å². The van der Waals surface area contributed by atoms with Crippen LogP contribution < -0.4 is 0 Å². The third kappa shape index (κ3) is 15.3. The summed E-state index contributed by atoms with van der Waals surface area (Å²) in [6.45, 7) is 9.35. The van der Waals surface area contributed by atoms with Crippen molar-refractivity contribution in [1.82, 2.24) is 0 Å². The van der Waals surface area contributed by atoms with E-state index in [2.05, 4.69) is 34.1 Å². The van der Waals surface area contributed by atoms with Crippen LogP contribution in [-0.4, -0.2) is 0 Å². The van der Waals surface area contributed by atoms with Crippen LogP contribution in [0.15, 0.2) is 0 Å². The molecule has 23 heavy (non-hydrogen) atoms. The van der Waals surface area contributed by atoms with Crippen molar-refractivity contribution in [2.45, 2.75) is 130 Å². The molecule has 0 saturated carbocycles. The molecule has 0 bridgehead atoms. The summed E-state index contributed by atoms with van der Waals surface area (Å²) >= 11 is 0. The van der Waals surface area contributed by atoms with E-state index in [0.29, 0.717) is 0 Å². The number of hydrogen-bond donors (Lipinski definition) is 0. The molecular weight excluding hydrogens is 276 g/mol. The molecule has 0 N–H and O–H groups in total. The zero-order chi connectivity index (χ0) is 17.2. The molecule has 0 amide bonds. The van der Waals surface area contributed by atoms with Gasteiger partial charge in [0.2, 0.25) is 0 Å². The second-order valence-corrected chi connectivity index (χ2v) is 7.67. The molecule has 0 aliphatic carbocycles. The molecule has 2 atom stereocenters. The van der Waals surface area contributed by atoms with Crippen molar-refractivity contribution >= 4 is 0 Å². The van der Waals surface area contributed by atoms with E-state index in [1.54, 1.807) is 0 Å². The molecule has 139 valence electrons. The minimum absolute atomic E-state index is 0.883. The SMILES string of the molecule is CCCCCCCC([CH]C(CCCC)CCCCCCC)CC. The summed E-state index contributed by atoms with van der Waals surface area (Å²) in [5.74, 6) is 1.78. The van der Waals surface area contributed by atoms with Crippen LogP contribution in [0.5, 0.6) is 0 Å². The monoisotopic (exact) mass is 323 g/mol. The van der Waals surface area contributed by atoms with Crippen LogP contribution in [0.4, 0.5) is 0 Å². The smallest absolute Gasteiger partial charge is 0.0324 e. The zero-order valence-electron chi connectivity index (χ0n) is 17.0. The van der Waals surface area contributed by atoms with Crippen molar-refractivity contribution in [3.05, 3.63) is 6.42 Å². The summed E-state index contributed by atoms with van der Waals surface area (Å²) in [5.41, 5.74) is 0. The average Bonchev–Trinajstić information content (AvgIpc) is 2.57. The molecule has 0 heterocycles. The maximum absolute atomic E-state index is 2.77. The Kier molecular flexibility index (Phi) is 18.3. The Morgan fingerprint density at radius 3 is 1.39 bits per heavy atom. The largest absolute Gasteiger partial charge is 0.0654 e. The van der Waals surface area contributed by atoms with E-state index in [-0.39, 0.29) is 0 Å². The van der Waals surface area contributed by atoms with Crippen LogP contribution in [0.3, 0.4) is 0 Å². The Labute approximate surface area is 149 Å². The Morgan fingerprint density at radius 1 is 0.478 bits per heavy atom. The van der Waals surface area contributed by atoms with Crippen molar-refractivity contribution in [2.75, 3.05) is 0 Å². The molecule has 1 radical (unpaired) electrons. The first kappa shape index (κ1) is 23.0. The predicted octanol–water partition coefficient (Wildman–Crippen LogP) is 8.74. The van der Waals surface area contributed by atoms with Gasteiger partial charge in [-0.3, -0.25) is 0 Å². The molecule has 0 rings (SSSR count). The van der Waals surface area contributed by atoms with Gasteiger partial charge in [0, 0.05) is 0 Å². The van der Waals surface area contributed by atoms with Crippen molar-refractivity contribution < 1.29 is 0 Å². The van der Waals surface area contributed by atoms with Crippen LogP contribution in [0, 0.1) is 18.3 Å². The third-order valence-corrected chi connectivity index (χ3v) is 5.35. The van der Waals surface area contributed by atoms with Crippen LogP contribution in [0.2, 0.25) is 0 Å². The molecule has 0 aromatic rings. The molecular formula is C23H47. The zero-order valence-corrected chi connectivity index (χ0v) is 17.0. The highest BCUT2D eigenvalue weighted by atomic mass is 14.2. The van der Waals surface area contributed by atoms with Gasteiger partial charge in [-0.2, -0.15) is 0 Å². The standard InChI is InChI=1S/C23H47/c1-5-9-12-14-16-19-22(8-4)21-23(18-11-7-3)20-17-15-13-10-6-2/h21-23H,5-20H2,1-4H3. The minimum atomic E-state index is 0.883. The molecule has 0 aromatic heterocycles. The van der Waals surface area contributed by atoms with Crippen molar-refractivity contribution in [3.63, 3.8) is 0 Å². The minimum Gasteiger partial charge on any atom is -0.0654 e. The van der Waals surface area contributed by atoms with Gasteiger partial charge in [-0.25, -0.2) is 0 Å². The van der Waals surface area contributed by atoms with Gasteiger partial charge in [-0.05, 0) is 18.3 Å². The van der Waals surface area contributed by atoms with E-state index in [0.717, 1.165) is 11.8 Å². The molecule has 0 aliphatic rings. The van der Waals surface area contributed by atoms with Crippen LogP contribution in [-0.2, 0) is 0 Å². The average molecular weight is 324 g/mol. The number of unbranched alkanes of at least 4 members (excludes halogenated alkanes) is 9. The highest BCUT2D eigenvalue weighted by Gasteiger charge is 2.15. The van der Waals surface area contributed by atoms with Gasteiger partial charge in [-0.1, -0.05) is 130 Å². The second kappa shape index (κ2) is 18.3. The lowest BCUT2D eigenvalue weighted by Gasteiger charge is -2.22. The van der Waals surface area contributed by atoms with E-state index >= 15 is 0 Å². The van der Waals surface area contributed by atoms with E-state index in [4.69, 9.17) is 0 Å². The first-order valence-corrected chi connectivity index (χ1v) is 11.1. The Hall–Kier alpha value is 0.